The van der Waals surface area contributed by atoms with E-state index in [4.69, 9.17) is 11.6 Å². The molecule has 2 rings (SSSR count). The highest BCUT2D eigenvalue weighted by Crippen LogP contribution is 2.19. The maximum absolute atomic E-state index is 12.2. The van der Waals surface area contributed by atoms with Crippen molar-refractivity contribution in [2.45, 2.75) is 33.2 Å². The van der Waals surface area contributed by atoms with E-state index in [1.165, 1.54) is 4.57 Å². The molecule has 0 amide bonds. The molecule has 0 saturated carbocycles. The Morgan fingerprint density at radius 1 is 1.41 bits per heavy atom. The Bertz CT molecular complexity index is 617. The van der Waals surface area contributed by atoms with Crippen molar-refractivity contribution < 1.29 is 0 Å². The number of hydrogen-bond donors (Lipinski definition) is 0. The van der Waals surface area contributed by atoms with Crippen LogP contribution in [-0.2, 0) is 6.54 Å². The fourth-order valence-corrected chi connectivity index (χ4v) is 2.13. The normalized spacial score (nSPS) is 11.4. The molecule has 0 radical (unpaired) electrons. The van der Waals surface area contributed by atoms with Crippen LogP contribution in [0.1, 0.15) is 32.3 Å². The SMILES string of the molecule is CCn1c(Cl)nc2ccc(C(C)C)cc2c1=O. The smallest absolute Gasteiger partial charge is 0.262 e. The summed E-state index contributed by atoms with van der Waals surface area (Å²) in [6.45, 7) is 6.62. The van der Waals surface area contributed by atoms with Crippen molar-refractivity contribution in [3.8, 4) is 0 Å². The third-order valence-corrected chi connectivity index (χ3v) is 3.20. The molecule has 0 bridgehead atoms. The van der Waals surface area contributed by atoms with E-state index in [2.05, 4.69) is 18.8 Å². The standard InChI is InChI=1S/C13H15ClN2O/c1-4-16-12(17)10-7-9(8(2)3)5-6-11(10)15-13(16)14/h5-8H,4H2,1-3H3. The van der Waals surface area contributed by atoms with E-state index < -0.39 is 0 Å². The number of benzene rings is 1. The average molecular weight is 251 g/mol. The second-order valence-corrected chi connectivity index (χ2v) is 4.70. The number of hydrogen-bond acceptors (Lipinski definition) is 2. The second kappa shape index (κ2) is 4.49. The molecule has 0 saturated heterocycles. The highest BCUT2D eigenvalue weighted by Gasteiger charge is 2.09. The van der Waals surface area contributed by atoms with E-state index in [1.54, 1.807) is 0 Å². The van der Waals surface area contributed by atoms with Gasteiger partial charge in [-0.25, -0.2) is 4.98 Å². The molecule has 0 aliphatic rings. The molecule has 1 heterocycles. The summed E-state index contributed by atoms with van der Waals surface area (Å²) in [6.07, 6.45) is 0. The fourth-order valence-electron chi connectivity index (χ4n) is 1.84. The maximum atomic E-state index is 12.2. The summed E-state index contributed by atoms with van der Waals surface area (Å²) in [5.41, 5.74) is 1.74. The van der Waals surface area contributed by atoms with Gasteiger partial charge in [0.05, 0.1) is 10.9 Å². The number of halogens is 1. The first-order valence-electron chi connectivity index (χ1n) is 5.74. The summed E-state index contributed by atoms with van der Waals surface area (Å²) < 4.78 is 1.48. The number of aromatic nitrogens is 2. The van der Waals surface area contributed by atoms with Gasteiger partial charge in [-0.05, 0) is 42.1 Å². The number of fused-ring (bicyclic) bond motifs is 1. The monoisotopic (exact) mass is 250 g/mol. The third kappa shape index (κ3) is 2.07. The Morgan fingerprint density at radius 3 is 2.71 bits per heavy atom. The van der Waals surface area contributed by atoms with Crippen LogP contribution in [0, 0.1) is 0 Å². The van der Waals surface area contributed by atoms with Crippen LogP contribution in [0.3, 0.4) is 0 Å². The van der Waals surface area contributed by atoms with Crippen molar-refractivity contribution in [1.29, 1.82) is 0 Å². The van der Waals surface area contributed by atoms with E-state index in [0.29, 0.717) is 23.4 Å². The molecule has 90 valence electrons. The van der Waals surface area contributed by atoms with Crippen LogP contribution in [0.25, 0.3) is 10.9 Å². The topological polar surface area (TPSA) is 34.9 Å². The molecule has 1 aromatic heterocycles. The Morgan fingerprint density at radius 2 is 2.12 bits per heavy atom. The van der Waals surface area contributed by atoms with Crippen LogP contribution in [0.5, 0.6) is 0 Å². The van der Waals surface area contributed by atoms with Crippen molar-refractivity contribution in [3.63, 3.8) is 0 Å². The van der Waals surface area contributed by atoms with E-state index in [-0.39, 0.29) is 10.8 Å². The van der Waals surface area contributed by atoms with Gasteiger partial charge < -0.3 is 0 Å². The van der Waals surface area contributed by atoms with Crippen LogP contribution < -0.4 is 5.56 Å². The summed E-state index contributed by atoms with van der Waals surface area (Å²) in [5, 5.41) is 0.893. The molecule has 17 heavy (non-hydrogen) atoms. The first kappa shape index (κ1) is 12.1. The van der Waals surface area contributed by atoms with Crippen LogP contribution in [-0.4, -0.2) is 9.55 Å². The van der Waals surface area contributed by atoms with Gasteiger partial charge in [0, 0.05) is 6.54 Å². The maximum Gasteiger partial charge on any atom is 0.262 e. The Balaban J connectivity index is 2.81. The number of rotatable bonds is 2. The summed E-state index contributed by atoms with van der Waals surface area (Å²) in [5.74, 6) is 0.393. The molecule has 0 unspecified atom stereocenters. The second-order valence-electron chi connectivity index (χ2n) is 4.36. The first-order valence-corrected chi connectivity index (χ1v) is 6.12. The summed E-state index contributed by atoms with van der Waals surface area (Å²) in [7, 11) is 0. The van der Waals surface area contributed by atoms with Crippen molar-refractivity contribution in [2.24, 2.45) is 0 Å². The molecule has 0 N–H and O–H groups in total. The van der Waals surface area contributed by atoms with Crippen molar-refractivity contribution in [3.05, 3.63) is 39.4 Å². The van der Waals surface area contributed by atoms with Gasteiger partial charge in [-0.15, -0.1) is 0 Å². The van der Waals surface area contributed by atoms with Gasteiger partial charge in [-0.2, -0.15) is 0 Å². The zero-order valence-electron chi connectivity index (χ0n) is 10.2. The van der Waals surface area contributed by atoms with Gasteiger partial charge in [-0.3, -0.25) is 9.36 Å². The molecule has 0 aliphatic carbocycles. The van der Waals surface area contributed by atoms with E-state index in [1.807, 2.05) is 25.1 Å². The lowest BCUT2D eigenvalue weighted by Crippen LogP contribution is -2.21. The minimum absolute atomic E-state index is 0.0648. The van der Waals surface area contributed by atoms with Crippen LogP contribution in [0.4, 0.5) is 0 Å². The molecular weight excluding hydrogens is 236 g/mol. The zero-order chi connectivity index (χ0) is 12.6. The summed E-state index contributed by atoms with van der Waals surface area (Å²) >= 11 is 5.96. The largest absolute Gasteiger partial charge is 0.283 e. The number of nitrogens with zero attached hydrogens (tertiary/aromatic N) is 2. The van der Waals surface area contributed by atoms with Gasteiger partial charge in [0.1, 0.15) is 0 Å². The van der Waals surface area contributed by atoms with Gasteiger partial charge in [0.15, 0.2) is 0 Å². The molecule has 0 aliphatic heterocycles. The minimum Gasteiger partial charge on any atom is -0.283 e. The van der Waals surface area contributed by atoms with Crippen molar-refractivity contribution in [2.75, 3.05) is 0 Å². The van der Waals surface area contributed by atoms with E-state index in [9.17, 15) is 4.79 Å². The molecule has 0 fully saturated rings. The zero-order valence-corrected chi connectivity index (χ0v) is 11.0. The predicted octanol–water partition coefficient (Wildman–Crippen LogP) is 3.19. The Kier molecular flexibility index (Phi) is 3.20. The highest BCUT2D eigenvalue weighted by molar-refractivity contribution is 6.28. The van der Waals surface area contributed by atoms with Crippen molar-refractivity contribution in [1.82, 2.24) is 9.55 Å². The molecular formula is C13H15ClN2O. The van der Waals surface area contributed by atoms with Gasteiger partial charge in [-0.1, -0.05) is 19.9 Å². The van der Waals surface area contributed by atoms with Gasteiger partial charge in [0.25, 0.3) is 5.56 Å². The molecule has 0 atom stereocenters. The van der Waals surface area contributed by atoms with Gasteiger partial charge in [0.2, 0.25) is 5.28 Å². The van der Waals surface area contributed by atoms with Crippen LogP contribution in [0.2, 0.25) is 5.28 Å². The highest BCUT2D eigenvalue weighted by atomic mass is 35.5. The molecule has 3 nitrogen and oxygen atoms in total. The van der Waals surface area contributed by atoms with Crippen LogP contribution >= 0.6 is 11.6 Å². The van der Waals surface area contributed by atoms with Gasteiger partial charge >= 0.3 is 0 Å². The molecule has 1 aromatic carbocycles. The summed E-state index contributed by atoms with van der Waals surface area (Å²) in [6, 6.07) is 5.77. The molecule has 4 heteroatoms. The lowest BCUT2D eigenvalue weighted by atomic mass is 10.0. The molecule has 0 spiro atoms. The predicted molar refractivity (Wildman–Crippen MR) is 70.8 cm³/mol. The van der Waals surface area contributed by atoms with Crippen molar-refractivity contribution >= 4 is 22.5 Å². The fraction of sp³-hybridized carbons (Fsp3) is 0.385. The minimum atomic E-state index is -0.0648. The quantitative estimate of drug-likeness (QED) is 0.768. The Labute approximate surface area is 105 Å². The molecule has 2 aromatic rings. The van der Waals surface area contributed by atoms with E-state index in [0.717, 1.165) is 5.56 Å². The lowest BCUT2D eigenvalue weighted by molar-refractivity contribution is 0.718. The first-order chi connectivity index (χ1) is 8.04. The van der Waals surface area contributed by atoms with Crippen LogP contribution in [0.15, 0.2) is 23.0 Å². The Hall–Kier alpha value is -1.35. The lowest BCUT2D eigenvalue weighted by Gasteiger charge is -2.09. The third-order valence-electron chi connectivity index (χ3n) is 2.91. The average Bonchev–Trinajstić information content (AvgIpc) is 2.29. The van der Waals surface area contributed by atoms with E-state index >= 15 is 0 Å². The summed E-state index contributed by atoms with van der Waals surface area (Å²) in [4.78, 5) is 16.4.